The molecule has 2 amide bonds. The molecule has 0 saturated carbocycles. The van der Waals surface area contributed by atoms with Gasteiger partial charge in [0.2, 0.25) is 0 Å². The highest BCUT2D eigenvalue weighted by atomic mass is 16.4. The number of carboxylic acid groups (broad SMARTS) is 1. The van der Waals surface area contributed by atoms with Crippen molar-refractivity contribution in [2.45, 2.75) is 6.42 Å². The van der Waals surface area contributed by atoms with Crippen LogP contribution in [0.25, 0.3) is 0 Å². The smallest absolute Gasteiger partial charge is 0.316 e. The van der Waals surface area contributed by atoms with Gasteiger partial charge < -0.3 is 15.3 Å². The molecule has 0 aliphatic carbocycles. The lowest BCUT2D eigenvalue weighted by atomic mass is 10.4. The van der Waals surface area contributed by atoms with Gasteiger partial charge in [0.05, 0.1) is 6.42 Å². The number of nitrogens with one attached hydrogen (secondary N) is 1. The van der Waals surface area contributed by atoms with Gasteiger partial charge in [0.25, 0.3) is 0 Å². The Morgan fingerprint density at radius 3 is 2.36 bits per heavy atom. The van der Waals surface area contributed by atoms with Gasteiger partial charge in [0.15, 0.2) is 0 Å². The molecule has 0 heterocycles. The third-order valence-electron chi connectivity index (χ3n) is 1.02. The molecule has 0 saturated heterocycles. The monoisotopic (exact) mass is 160 g/mol. The average molecular weight is 160 g/mol. The van der Waals surface area contributed by atoms with E-state index in [4.69, 9.17) is 5.11 Å². The van der Waals surface area contributed by atoms with E-state index in [0.29, 0.717) is 0 Å². The highest BCUT2D eigenvalue weighted by Gasteiger charge is 2.02. The molecule has 0 spiro atoms. The number of hydrogen-bond donors (Lipinski definition) is 2. The number of amides is 2. The van der Waals surface area contributed by atoms with Gasteiger partial charge in [-0.1, -0.05) is 0 Å². The Bertz CT molecular complexity index is 156. The first-order valence-corrected chi connectivity index (χ1v) is 3.21. The second-order valence-corrected chi connectivity index (χ2v) is 2.27. The predicted octanol–water partition coefficient (Wildman–Crippen LogP) is -0.268. The van der Waals surface area contributed by atoms with Crippen LogP contribution in [0.3, 0.4) is 0 Å². The summed E-state index contributed by atoms with van der Waals surface area (Å²) >= 11 is 0. The Kier molecular flexibility index (Phi) is 4.02. The first-order valence-electron chi connectivity index (χ1n) is 3.21. The van der Waals surface area contributed by atoms with Crippen LogP contribution in [0, 0.1) is 0 Å². The van der Waals surface area contributed by atoms with E-state index in [2.05, 4.69) is 5.32 Å². The molecule has 5 nitrogen and oxygen atoms in total. The van der Waals surface area contributed by atoms with Crippen molar-refractivity contribution < 1.29 is 14.7 Å². The summed E-state index contributed by atoms with van der Waals surface area (Å²) in [5.74, 6) is -0.913. The van der Waals surface area contributed by atoms with Crippen molar-refractivity contribution in [3.63, 3.8) is 0 Å². The zero-order chi connectivity index (χ0) is 8.85. The van der Waals surface area contributed by atoms with Crippen LogP contribution in [0.15, 0.2) is 0 Å². The van der Waals surface area contributed by atoms with Crippen molar-refractivity contribution in [3.8, 4) is 0 Å². The minimum absolute atomic E-state index is 0.0421. The molecule has 0 bridgehead atoms. The number of urea groups is 1. The summed E-state index contributed by atoms with van der Waals surface area (Å²) in [5.41, 5.74) is 0. The number of hydrogen-bond acceptors (Lipinski definition) is 2. The molecule has 11 heavy (non-hydrogen) atoms. The first kappa shape index (κ1) is 9.74. The lowest BCUT2D eigenvalue weighted by Gasteiger charge is -2.10. The molecule has 0 unspecified atom stereocenters. The summed E-state index contributed by atoms with van der Waals surface area (Å²) in [5, 5.41) is 10.6. The quantitative estimate of drug-likeness (QED) is 0.597. The van der Waals surface area contributed by atoms with Crippen LogP contribution in [0.2, 0.25) is 0 Å². The van der Waals surface area contributed by atoms with Gasteiger partial charge in [0, 0.05) is 20.6 Å². The Hall–Kier alpha value is -1.26. The summed E-state index contributed by atoms with van der Waals surface area (Å²) < 4.78 is 0. The summed E-state index contributed by atoms with van der Waals surface area (Å²) in [6, 6.07) is -0.272. The second-order valence-electron chi connectivity index (χ2n) is 2.27. The van der Waals surface area contributed by atoms with E-state index in [0.717, 1.165) is 0 Å². The molecular formula is C6H12N2O3. The Morgan fingerprint density at radius 1 is 1.45 bits per heavy atom. The fraction of sp³-hybridized carbons (Fsp3) is 0.667. The predicted molar refractivity (Wildman–Crippen MR) is 39.3 cm³/mol. The number of carbonyl (C=O) groups is 2. The van der Waals surface area contributed by atoms with E-state index in [-0.39, 0.29) is 19.0 Å². The summed E-state index contributed by atoms with van der Waals surface area (Å²) in [6.07, 6.45) is -0.0421. The van der Waals surface area contributed by atoms with Gasteiger partial charge >= 0.3 is 12.0 Å². The molecule has 64 valence electrons. The van der Waals surface area contributed by atoms with Gasteiger partial charge in [-0.15, -0.1) is 0 Å². The summed E-state index contributed by atoms with van der Waals surface area (Å²) in [4.78, 5) is 22.1. The van der Waals surface area contributed by atoms with Crippen molar-refractivity contribution >= 4 is 12.0 Å². The molecule has 0 aliphatic rings. The zero-order valence-electron chi connectivity index (χ0n) is 6.63. The van der Waals surface area contributed by atoms with E-state index in [1.165, 1.54) is 4.90 Å². The maximum absolute atomic E-state index is 10.7. The van der Waals surface area contributed by atoms with Gasteiger partial charge in [-0.2, -0.15) is 0 Å². The highest BCUT2D eigenvalue weighted by Crippen LogP contribution is 1.79. The molecule has 0 radical (unpaired) electrons. The van der Waals surface area contributed by atoms with Crippen molar-refractivity contribution in [2.75, 3.05) is 20.6 Å². The van der Waals surface area contributed by atoms with Crippen molar-refractivity contribution in [1.82, 2.24) is 10.2 Å². The number of rotatable bonds is 3. The van der Waals surface area contributed by atoms with E-state index >= 15 is 0 Å². The van der Waals surface area contributed by atoms with Gasteiger partial charge in [0.1, 0.15) is 0 Å². The number of carbonyl (C=O) groups excluding carboxylic acids is 1. The topological polar surface area (TPSA) is 69.6 Å². The normalized spacial score (nSPS) is 8.91. The van der Waals surface area contributed by atoms with Crippen molar-refractivity contribution in [1.29, 1.82) is 0 Å². The van der Waals surface area contributed by atoms with Crippen LogP contribution >= 0.6 is 0 Å². The minimum atomic E-state index is -0.913. The van der Waals surface area contributed by atoms with E-state index in [1.54, 1.807) is 14.1 Å². The fourth-order valence-corrected chi connectivity index (χ4v) is 0.434. The van der Waals surface area contributed by atoms with Crippen LogP contribution in [0.1, 0.15) is 6.42 Å². The van der Waals surface area contributed by atoms with Crippen LogP contribution in [0.5, 0.6) is 0 Å². The maximum Gasteiger partial charge on any atom is 0.316 e. The fourth-order valence-electron chi connectivity index (χ4n) is 0.434. The number of carboxylic acids is 1. The molecule has 2 N–H and O–H groups in total. The summed E-state index contributed by atoms with van der Waals surface area (Å²) in [7, 11) is 3.19. The molecule has 0 atom stereocenters. The van der Waals surface area contributed by atoms with Gasteiger partial charge in [-0.3, -0.25) is 4.79 Å². The molecule has 0 aromatic rings. The van der Waals surface area contributed by atoms with Crippen molar-refractivity contribution in [3.05, 3.63) is 0 Å². The van der Waals surface area contributed by atoms with Crippen LogP contribution in [0.4, 0.5) is 4.79 Å². The Morgan fingerprint density at radius 2 is 2.00 bits per heavy atom. The van der Waals surface area contributed by atoms with Crippen LogP contribution < -0.4 is 5.32 Å². The maximum atomic E-state index is 10.7. The molecule has 0 aliphatic heterocycles. The SMILES string of the molecule is CN(C)C(=O)NCCC(=O)O. The van der Waals surface area contributed by atoms with Crippen LogP contribution in [-0.2, 0) is 4.79 Å². The standard InChI is InChI=1S/C6H12N2O3/c1-8(2)6(11)7-4-3-5(9)10/h3-4H2,1-2H3,(H,7,11)(H,9,10). The van der Waals surface area contributed by atoms with E-state index < -0.39 is 5.97 Å². The molecular weight excluding hydrogens is 148 g/mol. The Labute approximate surface area is 65.0 Å². The largest absolute Gasteiger partial charge is 0.481 e. The third kappa shape index (κ3) is 5.20. The first-order chi connectivity index (χ1) is 5.04. The average Bonchev–Trinajstić information content (AvgIpc) is 1.86. The zero-order valence-corrected chi connectivity index (χ0v) is 6.63. The molecule has 0 fully saturated rings. The molecule has 0 rings (SSSR count). The molecule has 5 heteroatoms. The lowest BCUT2D eigenvalue weighted by Crippen LogP contribution is -2.35. The van der Waals surface area contributed by atoms with Crippen LogP contribution in [-0.4, -0.2) is 42.6 Å². The highest BCUT2D eigenvalue weighted by molar-refractivity contribution is 5.74. The third-order valence-corrected chi connectivity index (χ3v) is 1.02. The van der Waals surface area contributed by atoms with Gasteiger partial charge in [-0.25, -0.2) is 4.79 Å². The Balaban J connectivity index is 3.39. The van der Waals surface area contributed by atoms with Crippen molar-refractivity contribution in [2.24, 2.45) is 0 Å². The lowest BCUT2D eigenvalue weighted by molar-refractivity contribution is -0.136. The summed E-state index contributed by atoms with van der Waals surface area (Å²) in [6.45, 7) is 0.173. The minimum Gasteiger partial charge on any atom is -0.481 e. The molecule has 0 aromatic carbocycles. The second kappa shape index (κ2) is 4.54. The number of nitrogens with zero attached hydrogens (tertiary/aromatic N) is 1. The van der Waals surface area contributed by atoms with E-state index in [1.807, 2.05) is 0 Å². The van der Waals surface area contributed by atoms with Gasteiger partial charge in [-0.05, 0) is 0 Å². The number of aliphatic carboxylic acids is 1. The van der Waals surface area contributed by atoms with E-state index in [9.17, 15) is 9.59 Å². The molecule has 0 aromatic heterocycles.